The molecule has 0 unspecified atom stereocenters. The molecule has 0 radical (unpaired) electrons. The molecule has 0 saturated carbocycles. The molecule has 7 heteroatoms. The van der Waals surface area contributed by atoms with Crippen molar-refractivity contribution in [2.75, 3.05) is 13.7 Å². The Labute approximate surface area is 158 Å². The molecule has 0 bridgehead atoms. The molecule has 26 heavy (non-hydrogen) atoms. The minimum absolute atomic E-state index is 0. The first-order valence-electron chi connectivity index (χ1n) is 8.15. The molecule has 0 saturated heterocycles. The van der Waals surface area contributed by atoms with E-state index < -0.39 is 9.84 Å². The van der Waals surface area contributed by atoms with Gasteiger partial charge in [0.15, 0.2) is 11.3 Å². The lowest BCUT2D eigenvalue weighted by molar-refractivity contribution is 0.404. The topological polar surface area (TPSA) is 68.5 Å². The third-order valence-corrected chi connectivity index (χ3v) is 6.31. The summed E-state index contributed by atoms with van der Waals surface area (Å²) in [6.07, 6.45) is 0.785. The molecule has 0 aliphatic carbocycles. The van der Waals surface area contributed by atoms with Gasteiger partial charge in [0.05, 0.1) is 16.9 Å². The van der Waals surface area contributed by atoms with E-state index in [1.165, 1.54) is 7.11 Å². The zero-order valence-corrected chi connectivity index (χ0v) is 16.2. The molecule has 4 rings (SSSR count). The summed E-state index contributed by atoms with van der Waals surface area (Å²) in [6.45, 7) is 3.39. The first-order valence-corrected chi connectivity index (χ1v) is 9.64. The Morgan fingerprint density at radius 1 is 1.15 bits per heavy atom. The Morgan fingerprint density at radius 2 is 1.96 bits per heavy atom. The van der Waals surface area contributed by atoms with Crippen molar-refractivity contribution < 1.29 is 17.6 Å². The van der Waals surface area contributed by atoms with E-state index >= 15 is 0 Å². The van der Waals surface area contributed by atoms with Crippen LogP contribution in [0, 0.1) is 6.92 Å². The van der Waals surface area contributed by atoms with Gasteiger partial charge in [0, 0.05) is 36.5 Å². The van der Waals surface area contributed by atoms with E-state index in [9.17, 15) is 8.42 Å². The molecule has 1 aromatic heterocycles. The number of benzene rings is 2. The van der Waals surface area contributed by atoms with Gasteiger partial charge in [0.2, 0.25) is 9.84 Å². The van der Waals surface area contributed by atoms with Crippen LogP contribution in [0.3, 0.4) is 0 Å². The maximum atomic E-state index is 13.1. The molecular formula is C19H20ClNO4S. The Morgan fingerprint density at radius 3 is 2.69 bits per heavy atom. The zero-order chi connectivity index (χ0) is 17.6. The van der Waals surface area contributed by atoms with Crippen LogP contribution in [-0.4, -0.2) is 22.1 Å². The molecular weight excluding hydrogens is 374 g/mol. The predicted molar refractivity (Wildman–Crippen MR) is 102 cm³/mol. The number of halogens is 1. The van der Waals surface area contributed by atoms with E-state index in [0.717, 1.165) is 35.2 Å². The number of ether oxygens (including phenoxy) is 1. The maximum absolute atomic E-state index is 13.1. The minimum Gasteiger partial charge on any atom is -0.493 e. The summed E-state index contributed by atoms with van der Waals surface area (Å²) in [5.41, 5.74) is 2.53. The number of fused-ring (bicyclic) bond motifs is 3. The summed E-state index contributed by atoms with van der Waals surface area (Å²) in [7, 11) is -2.11. The van der Waals surface area contributed by atoms with Crippen molar-refractivity contribution in [3.05, 3.63) is 53.3 Å². The highest BCUT2D eigenvalue weighted by atomic mass is 35.5. The zero-order valence-electron chi connectivity index (χ0n) is 14.5. The van der Waals surface area contributed by atoms with E-state index in [0.29, 0.717) is 17.9 Å². The van der Waals surface area contributed by atoms with E-state index in [-0.39, 0.29) is 22.2 Å². The molecule has 0 spiro atoms. The molecule has 5 nitrogen and oxygen atoms in total. The van der Waals surface area contributed by atoms with Crippen molar-refractivity contribution in [2.24, 2.45) is 0 Å². The molecule has 1 aliphatic rings. The smallest absolute Gasteiger partial charge is 0.206 e. The summed E-state index contributed by atoms with van der Waals surface area (Å²) < 4.78 is 37.5. The van der Waals surface area contributed by atoms with Crippen molar-refractivity contribution in [1.29, 1.82) is 0 Å². The summed E-state index contributed by atoms with van der Waals surface area (Å²) in [5, 5.41) is 4.10. The van der Waals surface area contributed by atoms with Gasteiger partial charge in [-0.25, -0.2) is 8.42 Å². The molecule has 2 heterocycles. The Kier molecular flexibility index (Phi) is 5.01. The van der Waals surface area contributed by atoms with Gasteiger partial charge in [-0.1, -0.05) is 12.1 Å². The third-order valence-electron chi connectivity index (χ3n) is 4.58. The minimum atomic E-state index is -3.63. The van der Waals surface area contributed by atoms with E-state index in [1.54, 1.807) is 30.3 Å². The second-order valence-electron chi connectivity index (χ2n) is 6.25. The van der Waals surface area contributed by atoms with Gasteiger partial charge >= 0.3 is 0 Å². The van der Waals surface area contributed by atoms with Crippen molar-refractivity contribution >= 4 is 33.2 Å². The van der Waals surface area contributed by atoms with Crippen molar-refractivity contribution in [1.82, 2.24) is 5.32 Å². The normalized spacial score (nSPS) is 13.9. The molecule has 1 N–H and O–H groups in total. The summed E-state index contributed by atoms with van der Waals surface area (Å²) in [6, 6.07) is 10.2. The number of rotatable bonds is 3. The van der Waals surface area contributed by atoms with E-state index in [2.05, 4.69) is 5.32 Å². The summed E-state index contributed by atoms with van der Waals surface area (Å²) >= 11 is 0. The van der Waals surface area contributed by atoms with Gasteiger partial charge in [-0.15, -0.1) is 12.4 Å². The van der Waals surface area contributed by atoms with Crippen LogP contribution < -0.4 is 10.1 Å². The average molecular weight is 394 g/mol. The number of furan rings is 1. The molecule has 3 aromatic rings. The monoisotopic (exact) mass is 393 g/mol. The molecule has 0 fully saturated rings. The number of hydrogen-bond acceptors (Lipinski definition) is 5. The van der Waals surface area contributed by atoms with Gasteiger partial charge in [-0.3, -0.25) is 0 Å². The molecule has 1 aliphatic heterocycles. The molecule has 2 aromatic carbocycles. The number of aryl methyl sites for hydroxylation is 1. The first kappa shape index (κ1) is 18.8. The van der Waals surface area contributed by atoms with E-state index in [4.69, 9.17) is 9.15 Å². The standard InChI is InChI=1S/C19H19NO4S.ClH/c1-12-4-3-5-13(8-12)25(21,22)14-9-15-16-11-20-7-6-17(16)24-19(15)18(10-14)23-2;/h3-5,8-10,20H,6-7,11H2,1-2H3;1H. The second-order valence-corrected chi connectivity index (χ2v) is 8.20. The maximum Gasteiger partial charge on any atom is 0.206 e. The van der Waals surface area contributed by atoms with Crippen LogP contribution in [-0.2, 0) is 22.8 Å². The summed E-state index contributed by atoms with van der Waals surface area (Å²) in [4.78, 5) is 0.501. The second kappa shape index (κ2) is 6.95. The highest BCUT2D eigenvalue weighted by molar-refractivity contribution is 7.91. The lowest BCUT2D eigenvalue weighted by atomic mass is 10.1. The van der Waals surface area contributed by atoms with Gasteiger partial charge < -0.3 is 14.5 Å². The molecule has 0 amide bonds. The lowest BCUT2D eigenvalue weighted by Gasteiger charge is -2.11. The van der Waals surface area contributed by atoms with Crippen LogP contribution in [0.4, 0.5) is 0 Å². The van der Waals surface area contributed by atoms with Gasteiger partial charge in [0.1, 0.15) is 5.76 Å². The van der Waals surface area contributed by atoms with Crippen molar-refractivity contribution in [3.63, 3.8) is 0 Å². The fourth-order valence-electron chi connectivity index (χ4n) is 3.28. The van der Waals surface area contributed by atoms with Gasteiger partial charge in [0.25, 0.3) is 0 Å². The largest absolute Gasteiger partial charge is 0.493 e. The molecule has 0 atom stereocenters. The first-order chi connectivity index (χ1) is 12.0. The number of methoxy groups -OCH3 is 1. The van der Waals surface area contributed by atoms with Crippen molar-refractivity contribution in [2.45, 2.75) is 29.7 Å². The number of hydrogen-bond donors (Lipinski definition) is 1. The average Bonchev–Trinajstić information content (AvgIpc) is 2.99. The van der Waals surface area contributed by atoms with Crippen LogP contribution in [0.5, 0.6) is 5.75 Å². The van der Waals surface area contributed by atoms with E-state index in [1.807, 2.05) is 13.0 Å². The Bertz CT molecular complexity index is 1070. The van der Waals surface area contributed by atoms with Crippen LogP contribution >= 0.6 is 12.4 Å². The highest BCUT2D eigenvalue weighted by Crippen LogP contribution is 2.38. The Hall–Kier alpha value is -2.02. The van der Waals surface area contributed by atoms with Crippen molar-refractivity contribution in [3.8, 4) is 5.75 Å². The third kappa shape index (κ3) is 2.98. The van der Waals surface area contributed by atoms with Crippen LogP contribution in [0.1, 0.15) is 16.9 Å². The van der Waals surface area contributed by atoms with Crippen LogP contribution in [0.25, 0.3) is 11.0 Å². The van der Waals surface area contributed by atoms with Gasteiger partial charge in [-0.2, -0.15) is 0 Å². The van der Waals surface area contributed by atoms with Crippen LogP contribution in [0.2, 0.25) is 0 Å². The highest BCUT2D eigenvalue weighted by Gasteiger charge is 2.25. The number of nitrogens with one attached hydrogen (secondary N) is 1. The Balaban J connectivity index is 0.00000196. The quantitative estimate of drug-likeness (QED) is 0.735. The fourth-order valence-corrected chi connectivity index (χ4v) is 4.68. The van der Waals surface area contributed by atoms with Gasteiger partial charge in [-0.05, 0) is 30.7 Å². The fraction of sp³-hybridized carbons (Fsp3) is 0.263. The number of sulfone groups is 1. The summed E-state index contributed by atoms with van der Waals surface area (Å²) in [5.74, 6) is 1.34. The SMILES string of the molecule is COc1cc(S(=O)(=O)c2cccc(C)c2)cc2c3c(oc12)CCNC3.Cl. The predicted octanol–water partition coefficient (Wildman–Crippen LogP) is 3.65. The van der Waals surface area contributed by atoms with Crippen LogP contribution in [0.15, 0.2) is 50.6 Å². The molecule has 138 valence electrons. The lowest BCUT2D eigenvalue weighted by Crippen LogP contribution is -2.22.